The molecule has 8 heteroatoms. The fourth-order valence-electron chi connectivity index (χ4n) is 2.30. The summed E-state index contributed by atoms with van der Waals surface area (Å²) in [6, 6.07) is 1.95. The molecular weight excluding hydrogens is 266 g/mol. The third kappa shape index (κ3) is 2.24. The van der Waals surface area contributed by atoms with E-state index in [0.29, 0.717) is 10.9 Å². The van der Waals surface area contributed by atoms with E-state index in [0.717, 1.165) is 42.2 Å². The summed E-state index contributed by atoms with van der Waals surface area (Å²) in [5, 5.41) is 15.1. The van der Waals surface area contributed by atoms with Crippen LogP contribution in [-0.2, 0) is 0 Å². The lowest BCUT2D eigenvalue weighted by molar-refractivity contribution is -0.380. The second-order valence-corrected chi connectivity index (χ2v) is 5.57. The highest BCUT2D eigenvalue weighted by Crippen LogP contribution is 2.34. The zero-order chi connectivity index (χ0) is 13.4. The van der Waals surface area contributed by atoms with Crippen LogP contribution in [0.5, 0.6) is 0 Å². The molecule has 0 amide bonds. The number of nitrogens with zero attached hydrogens (tertiary/aromatic N) is 4. The maximum Gasteiger partial charge on any atom is 0.326 e. The Morgan fingerprint density at radius 2 is 2.42 bits per heavy atom. The van der Waals surface area contributed by atoms with Gasteiger partial charge < -0.3 is 10.2 Å². The molecule has 1 saturated heterocycles. The first-order valence-corrected chi connectivity index (χ1v) is 6.84. The number of anilines is 1. The predicted molar refractivity (Wildman–Crippen MR) is 73.7 cm³/mol. The highest BCUT2D eigenvalue weighted by molar-refractivity contribution is 7.21. The molecule has 1 aliphatic heterocycles. The first-order valence-electron chi connectivity index (χ1n) is 6.02. The van der Waals surface area contributed by atoms with Crippen molar-refractivity contribution in [3.05, 3.63) is 22.5 Å². The Bertz CT molecular complexity index is 629. The van der Waals surface area contributed by atoms with E-state index < -0.39 is 0 Å². The van der Waals surface area contributed by atoms with E-state index in [1.807, 2.05) is 0 Å². The minimum Gasteiger partial charge on any atom is -0.353 e. The SMILES string of the molecule is CC1CN(c2ncnc3sc([N+](=O)[O-])cc23)CCN1. The fourth-order valence-corrected chi connectivity index (χ4v) is 3.11. The van der Waals surface area contributed by atoms with Gasteiger partial charge in [-0.1, -0.05) is 0 Å². The molecule has 7 nitrogen and oxygen atoms in total. The van der Waals surface area contributed by atoms with Gasteiger partial charge >= 0.3 is 5.00 Å². The van der Waals surface area contributed by atoms with Gasteiger partial charge in [0, 0.05) is 31.7 Å². The van der Waals surface area contributed by atoms with Crippen LogP contribution in [0.1, 0.15) is 6.92 Å². The Morgan fingerprint density at radius 3 is 3.16 bits per heavy atom. The summed E-state index contributed by atoms with van der Waals surface area (Å²) < 4.78 is 0. The zero-order valence-corrected chi connectivity index (χ0v) is 11.2. The molecule has 100 valence electrons. The van der Waals surface area contributed by atoms with Gasteiger partial charge in [0.25, 0.3) is 0 Å². The van der Waals surface area contributed by atoms with Crippen LogP contribution >= 0.6 is 11.3 Å². The van der Waals surface area contributed by atoms with Crippen LogP contribution < -0.4 is 10.2 Å². The van der Waals surface area contributed by atoms with Crippen LogP contribution in [0.3, 0.4) is 0 Å². The van der Waals surface area contributed by atoms with Crippen LogP contribution in [-0.4, -0.2) is 40.6 Å². The van der Waals surface area contributed by atoms with Crippen molar-refractivity contribution in [3.8, 4) is 0 Å². The van der Waals surface area contributed by atoms with Crippen LogP contribution in [0.4, 0.5) is 10.8 Å². The molecule has 3 heterocycles. The number of thiophene rings is 1. The first-order chi connectivity index (χ1) is 9.15. The van der Waals surface area contributed by atoms with Crippen LogP contribution in [0.25, 0.3) is 10.2 Å². The summed E-state index contributed by atoms with van der Waals surface area (Å²) in [6.45, 7) is 4.69. The molecule has 19 heavy (non-hydrogen) atoms. The minimum atomic E-state index is -0.378. The van der Waals surface area contributed by atoms with E-state index in [4.69, 9.17) is 0 Å². The number of fused-ring (bicyclic) bond motifs is 1. The average molecular weight is 279 g/mol. The summed E-state index contributed by atoms with van der Waals surface area (Å²) in [5.74, 6) is 0.794. The molecule has 1 atom stereocenters. The molecule has 2 aromatic rings. The Morgan fingerprint density at radius 1 is 1.58 bits per heavy atom. The largest absolute Gasteiger partial charge is 0.353 e. The molecule has 3 rings (SSSR count). The average Bonchev–Trinajstić information content (AvgIpc) is 2.82. The van der Waals surface area contributed by atoms with Gasteiger partial charge in [-0.3, -0.25) is 10.1 Å². The summed E-state index contributed by atoms with van der Waals surface area (Å²) in [5.41, 5.74) is 0. The van der Waals surface area contributed by atoms with E-state index in [-0.39, 0.29) is 9.92 Å². The summed E-state index contributed by atoms with van der Waals surface area (Å²) in [6.07, 6.45) is 1.48. The van der Waals surface area contributed by atoms with Gasteiger partial charge in [-0.15, -0.1) is 0 Å². The number of hydrogen-bond acceptors (Lipinski definition) is 7. The molecule has 1 unspecified atom stereocenters. The maximum absolute atomic E-state index is 10.9. The maximum atomic E-state index is 10.9. The topological polar surface area (TPSA) is 84.2 Å². The van der Waals surface area contributed by atoms with Crippen molar-refractivity contribution in [2.24, 2.45) is 0 Å². The van der Waals surface area contributed by atoms with Gasteiger partial charge in [-0.2, -0.15) is 0 Å². The van der Waals surface area contributed by atoms with Gasteiger partial charge in [0.1, 0.15) is 17.0 Å². The molecule has 0 bridgehead atoms. The van der Waals surface area contributed by atoms with E-state index >= 15 is 0 Å². The number of nitro groups is 1. The van der Waals surface area contributed by atoms with Gasteiger partial charge in [0.2, 0.25) is 0 Å². The standard InChI is InChI=1S/C11H13N5O2S/c1-7-5-15(3-2-12-7)10-8-4-9(16(17)18)19-11(8)14-6-13-10/h4,6-7,12H,2-3,5H2,1H3. The Labute approximate surface area is 113 Å². The minimum absolute atomic E-state index is 0.111. The van der Waals surface area contributed by atoms with Gasteiger partial charge in [0.05, 0.1) is 10.3 Å². The molecule has 1 fully saturated rings. The van der Waals surface area contributed by atoms with Gasteiger partial charge in [-0.25, -0.2) is 9.97 Å². The van der Waals surface area contributed by atoms with Crippen molar-refractivity contribution in [3.63, 3.8) is 0 Å². The highest BCUT2D eigenvalue weighted by Gasteiger charge is 2.22. The normalized spacial score (nSPS) is 19.8. The highest BCUT2D eigenvalue weighted by atomic mass is 32.1. The van der Waals surface area contributed by atoms with Crippen molar-refractivity contribution in [2.45, 2.75) is 13.0 Å². The van der Waals surface area contributed by atoms with Crippen LogP contribution in [0, 0.1) is 10.1 Å². The summed E-state index contributed by atoms with van der Waals surface area (Å²) in [4.78, 5) is 21.7. The number of rotatable bonds is 2. The Kier molecular flexibility index (Phi) is 3.03. The van der Waals surface area contributed by atoms with E-state index in [2.05, 4.69) is 27.1 Å². The molecule has 0 radical (unpaired) electrons. The van der Waals surface area contributed by atoms with Gasteiger partial charge in [-0.05, 0) is 18.3 Å². The lowest BCUT2D eigenvalue weighted by Gasteiger charge is -2.32. The smallest absolute Gasteiger partial charge is 0.326 e. The molecule has 0 spiro atoms. The summed E-state index contributed by atoms with van der Waals surface area (Å²) >= 11 is 1.09. The lowest BCUT2D eigenvalue weighted by Crippen LogP contribution is -2.49. The third-order valence-electron chi connectivity index (χ3n) is 3.14. The molecule has 1 aliphatic rings. The Balaban J connectivity index is 2.05. The van der Waals surface area contributed by atoms with Crippen molar-refractivity contribution in [2.75, 3.05) is 24.5 Å². The molecule has 0 aliphatic carbocycles. The Hall–Kier alpha value is -1.80. The second-order valence-electron chi connectivity index (χ2n) is 4.56. The van der Waals surface area contributed by atoms with Crippen molar-refractivity contribution < 1.29 is 4.92 Å². The van der Waals surface area contributed by atoms with E-state index in [9.17, 15) is 10.1 Å². The van der Waals surface area contributed by atoms with Crippen molar-refractivity contribution in [1.82, 2.24) is 15.3 Å². The van der Waals surface area contributed by atoms with E-state index in [1.54, 1.807) is 6.07 Å². The van der Waals surface area contributed by atoms with E-state index in [1.165, 1.54) is 6.33 Å². The molecule has 1 N–H and O–H groups in total. The van der Waals surface area contributed by atoms with Crippen LogP contribution in [0.2, 0.25) is 0 Å². The monoisotopic (exact) mass is 279 g/mol. The van der Waals surface area contributed by atoms with Gasteiger partial charge in [0.15, 0.2) is 0 Å². The van der Waals surface area contributed by atoms with Crippen molar-refractivity contribution in [1.29, 1.82) is 0 Å². The number of hydrogen-bond donors (Lipinski definition) is 1. The number of nitrogens with one attached hydrogen (secondary N) is 1. The number of aromatic nitrogens is 2. The lowest BCUT2D eigenvalue weighted by atomic mass is 10.2. The first kappa shape index (κ1) is 12.2. The zero-order valence-electron chi connectivity index (χ0n) is 10.4. The molecule has 0 aromatic carbocycles. The molecule has 2 aromatic heterocycles. The predicted octanol–water partition coefficient (Wildman–Crippen LogP) is 1.40. The van der Waals surface area contributed by atoms with Crippen LogP contribution in [0.15, 0.2) is 12.4 Å². The summed E-state index contributed by atoms with van der Waals surface area (Å²) in [7, 11) is 0. The fraction of sp³-hybridized carbons (Fsp3) is 0.455. The van der Waals surface area contributed by atoms with Crippen molar-refractivity contribution >= 4 is 32.4 Å². The quantitative estimate of drug-likeness (QED) is 0.660. The molecular formula is C11H13N5O2S. The third-order valence-corrected chi connectivity index (χ3v) is 4.14. The second kappa shape index (κ2) is 4.71. The molecule has 0 saturated carbocycles. The number of piperazine rings is 1.